The van der Waals surface area contributed by atoms with E-state index in [0.29, 0.717) is 5.69 Å². The molecule has 2 rings (SSSR count). The van der Waals surface area contributed by atoms with Crippen LogP contribution in [0.1, 0.15) is 10.4 Å². The van der Waals surface area contributed by atoms with Crippen molar-refractivity contribution in [2.75, 3.05) is 11.1 Å². The zero-order chi connectivity index (χ0) is 14.0. The van der Waals surface area contributed by atoms with Crippen molar-refractivity contribution in [1.29, 1.82) is 0 Å². The molecule has 0 atom stereocenters. The van der Waals surface area contributed by atoms with Crippen LogP contribution in [0.3, 0.4) is 0 Å². The quantitative estimate of drug-likeness (QED) is 0.744. The van der Waals surface area contributed by atoms with E-state index in [1.165, 1.54) is 30.3 Å². The number of primary amides is 1. The Balaban J connectivity index is 2.37. The maximum absolute atomic E-state index is 13.7. The minimum Gasteiger partial charge on any atom is -0.398 e. The van der Waals surface area contributed by atoms with Gasteiger partial charge in [0, 0.05) is 11.4 Å². The van der Waals surface area contributed by atoms with Crippen LogP contribution in [0, 0.1) is 11.6 Å². The van der Waals surface area contributed by atoms with Gasteiger partial charge in [0.1, 0.15) is 11.6 Å². The molecule has 19 heavy (non-hydrogen) atoms. The first-order chi connectivity index (χ1) is 8.97. The summed E-state index contributed by atoms with van der Waals surface area (Å²) in [5.74, 6) is -1.78. The number of rotatable bonds is 3. The summed E-state index contributed by atoms with van der Waals surface area (Å²) >= 11 is 0. The molecule has 5 N–H and O–H groups in total. The fraction of sp³-hybridized carbons (Fsp3) is 0. The fourth-order valence-corrected chi connectivity index (χ4v) is 1.59. The number of nitrogens with one attached hydrogen (secondary N) is 1. The largest absolute Gasteiger partial charge is 0.398 e. The molecule has 0 aliphatic carbocycles. The summed E-state index contributed by atoms with van der Waals surface area (Å²) in [7, 11) is 0. The number of carbonyl (C=O) groups excluding carboxylic acids is 1. The van der Waals surface area contributed by atoms with Gasteiger partial charge in [-0.1, -0.05) is 0 Å². The highest BCUT2D eigenvalue weighted by atomic mass is 19.1. The normalized spacial score (nSPS) is 10.2. The first-order valence-corrected chi connectivity index (χ1v) is 5.39. The van der Waals surface area contributed by atoms with E-state index in [0.717, 1.165) is 6.07 Å². The van der Waals surface area contributed by atoms with E-state index >= 15 is 0 Å². The third-order valence-electron chi connectivity index (χ3n) is 2.53. The number of amides is 1. The average molecular weight is 263 g/mol. The molecule has 2 aromatic carbocycles. The topological polar surface area (TPSA) is 81.1 Å². The highest BCUT2D eigenvalue weighted by molar-refractivity contribution is 5.99. The second-order valence-corrected chi connectivity index (χ2v) is 3.92. The number of hydrogen-bond donors (Lipinski definition) is 3. The smallest absolute Gasteiger partial charge is 0.250 e. The Hall–Kier alpha value is -2.63. The molecule has 0 saturated carbocycles. The maximum Gasteiger partial charge on any atom is 0.250 e. The van der Waals surface area contributed by atoms with Crippen LogP contribution >= 0.6 is 0 Å². The Morgan fingerprint density at radius 1 is 1.11 bits per heavy atom. The van der Waals surface area contributed by atoms with E-state index in [4.69, 9.17) is 11.5 Å². The van der Waals surface area contributed by atoms with Crippen LogP contribution < -0.4 is 16.8 Å². The fourth-order valence-electron chi connectivity index (χ4n) is 1.59. The van der Waals surface area contributed by atoms with Crippen molar-refractivity contribution in [3.05, 3.63) is 53.6 Å². The molecule has 0 saturated heterocycles. The Bertz CT molecular complexity index is 627. The van der Waals surface area contributed by atoms with Gasteiger partial charge in [-0.15, -0.1) is 0 Å². The van der Waals surface area contributed by atoms with Crippen molar-refractivity contribution in [2.24, 2.45) is 5.73 Å². The predicted octanol–water partition coefficient (Wildman–Crippen LogP) is 2.39. The van der Waals surface area contributed by atoms with Gasteiger partial charge in [0.05, 0.1) is 11.3 Å². The lowest BCUT2D eigenvalue weighted by molar-refractivity contribution is 0.100. The first kappa shape index (κ1) is 12.8. The first-order valence-electron chi connectivity index (χ1n) is 5.39. The van der Waals surface area contributed by atoms with Gasteiger partial charge in [0.15, 0.2) is 0 Å². The van der Waals surface area contributed by atoms with Gasteiger partial charge in [-0.05, 0) is 36.4 Å². The second-order valence-electron chi connectivity index (χ2n) is 3.92. The molecule has 4 nitrogen and oxygen atoms in total. The van der Waals surface area contributed by atoms with Crippen molar-refractivity contribution in [3.8, 4) is 0 Å². The van der Waals surface area contributed by atoms with Gasteiger partial charge in [0.25, 0.3) is 5.91 Å². The SMILES string of the molecule is NC(=O)c1cc(Nc2ccc(F)cc2)c(F)cc1N. The Kier molecular flexibility index (Phi) is 3.33. The van der Waals surface area contributed by atoms with Crippen LogP contribution in [0.25, 0.3) is 0 Å². The molecule has 2 aromatic rings. The molecule has 0 unspecified atom stereocenters. The van der Waals surface area contributed by atoms with Crippen LogP contribution in [0.15, 0.2) is 36.4 Å². The van der Waals surface area contributed by atoms with Crippen LogP contribution in [-0.2, 0) is 0 Å². The maximum atomic E-state index is 13.7. The molecule has 0 fully saturated rings. The van der Waals surface area contributed by atoms with Gasteiger partial charge >= 0.3 is 0 Å². The minimum atomic E-state index is -0.750. The molecule has 0 bridgehead atoms. The minimum absolute atomic E-state index is 0.0195. The summed E-state index contributed by atoms with van der Waals surface area (Å²) in [6.45, 7) is 0. The lowest BCUT2D eigenvalue weighted by atomic mass is 10.1. The van der Waals surface area contributed by atoms with Crippen molar-refractivity contribution in [2.45, 2.75) is 0 Å². The van der Waals surface area contributed by atoms with Gasteiger partial charge in [-0.2, -0.15) is 0 Å². The molecule has 0 aliphatic rings. The highest BCUT2D eigenvalue weighted by Gasteiger charge is 2.12. The van der Waals surface area contributed by atoms with Crippen molar-refractivity contribution in [3.63, 3.8) is 0 Å². The van der Waals surface area contributed by atoms with Gasteiger partial charge < -0.3 is 16.8 Å². The Labute approximate surface area is 108 Å². The van der Waals surface area contributed by atoms with Crippen LogP contribution in [0.5, 0.6) is 0 Å². The third kappa shape index (κ3) is 2.79. The molecule has 6 heteroatoms. The Morgan fingerprint density at radius 2 is 1.74 bits per heavy atom. The summed E-state index contributed by atoms with van der Waals surface area (Å²) < 4.78 is 26.4. The molecule has 0 aromatic heterocycles. The number of benzene rings is 2. The average Bonchev–Trinajstić information content (AvgIpc) is 2.34. The van der Waals surface area contributed by atoms with Gasteiger partial charge in [-0.3, -0.25) is 4.79 Å². The van der Waals surface area contributed by atoms with Crippen LogP contribution in [0.2, 0.25) is 0 Å². The van der Waals surface area contributed by atoms with E-state index in [2.05, 4.69) is 5.32 Å². The summed E-state index contributed by atoms with van der Waals surface area (Å²) in [5, 5.41) is 2.72. The van der Waals surface area contributed by atoms with Crippen molar-refractivity contribution >= 4 is 23.0 Å². The number of carbonyl (C=O) groups is 1. The monoisotopic (exact) mass is 263 g/mol. The molecule has 1 amide bonds. The second kappa shape index (κ2) is 4.93. The summed E-state index contributed by atoms with van der Waals surface area (Å²) in [6.07, 6.45) is 0. The van der Waals surface area contributed by atoms with Crippen molar-refractivity contribution in [1.82, 2.24) is 0 Å². The van der Waals surface area contributed by atoms with Gasteiger partial charge in [-0.25, -0.2) is 8.78 Å². The third-order valence-corrected chi connectivity index (χ3v) is 2.53. The van der Waals surface area contributed by atoms with E-state index in [9.17, 15) is 13.6 Å². The lowest BCUT2D eigenvalue weighted by Crippen LogP contribution is -2.14. The zero-order valence-electron chi connectivity index (χ0n) is 9.78. The molecule has 0 radical (unpaired) electrons. The summed E-state index contributed by atoms with van der Waals surface area (Å²) in [5.41, 5.74) is 11.1. The summed E-state index contributed by atoms with van der Waals surface area (Å²) in [4.78, 5) is 11.1. The lowest BCUT2D eigenvalue weighted by Gasteiger charge is -2.10. The number of nitrogens with two attached hydrogens (primary N) is 2. The molecule has 98 valence electrons. The molecular formula is C13H11F2N3O. The number of halogens is 2. The van der Waals surface area contributed by atoms with E-state index < -0.39 is 17.5 Å². The van der Waals surface area contributed by atoms with E-state index in [-0.39, 0.29) is 16.9 Å². The van der Waals surface area contributed by atoms with Crippen molar-refractivity contribution < 1.29 is 13.6 Å². The number of nitrogen functional groups attached to an aromatic ring is 1. The zero-order valence-corrected chi connectivity index (χ0v) is 9.78. The molecule has 0 aliphatic heterocycles. The molecule has 0 heterocycles. The molecular weight excluding hydrogens is 252 g/mol. The van der Waals surface area contributed by atoms with Gasteiger partial charge in [0.2, 0.25) is 0 Å². The standard InChI is InChI=1S/C13H11F2N3O/c14-7-1-3-8(4-2-7)18-12-5-9(13(17)19)11(16)6-10(12)15/h1-6,18H,16H2,(H2,17,19). The number of anilines is 3. The van der Waals surface area contributed by atoms with E-state index in [1.807, 2.05) is 0 Å². The highest BCUT2D eigenvalue weighted by Crippen LogP contribution is 2.25. The van der Waals surface area contributed by atoms with E-state index in [1.54, 1.807) is 0 Å². The summed E-state index contributed by atoms with van der Waals surface area (Å²) in [6, 6.07) is 7.56. The Morgan fingerprint density at radius 3 is 2.32 bits per heavy atom. The van der Waals surface area contributed by atoms with Crippen LogP contribution in [0.4, 0.5) is 25.8 Å². The predicted molar refractivity (Wildman–Crippen MR) is 69.0 cm³/mol. The number of hydrogen-bond acceptors (Lipinski definition) is 3. The van der Waals surface area contributed by atoms with Crippen LogP contribution in [-0.4, -0.2) is 5.91 Å². The molecule has 0 spiro atoms.